The molecule has 1 saturated heterocycles. The lowest BCUT2D eigenvalue weighted by Crippen LogP contribution is -2.49. The van der Waals surface area contributed by atoms with Crippen LogP contribution in [-0.4, -0.2) is 53.4 Å². The first kappa shape index (κ1) is 23.7. The van der Waals surface area contributed by atoms with E-state index in [4.69, 9.17) is 4.74 Å². The highest BCUT2D eigenvalue weighted by atomic mass is 35.5. The molecule has 0 radical (unpaired) electrons. The van der Waals surface area contributed by atoms with Crippen molar-refractivity contribution < 1.29 is 9.53 Å². The van der Waals surface area contributed by atoms with Crippen LogP contribution in [0.5, 0.6) is 5.75 Å². The standard InChI is InChI=1S/C25H30N4O2.ClH/c1-3-4-17-31-23-12-8-11-22(19-23)27-13-15-28(16-14-27)25(30)24-18-20(2)26-29(24)21-9-6-5-7-10-21;/h5-12,18-19H,3-4,13-17H2,1-2H3;1H. The van der Waals surface area contributed by atoms with Crippen LogP contribution in [0.3, 0.4) is 0 Å². The van der Waals surface area contributed by atoms with Gasteiger partial charge in [-0.2, -0.15) is 5.10 Å². The quantitative estimate of drug-likeness (QED) is 0.484. The Morgan fingerprint density at radius 2 is 1.69 bits per heavy atom. The minimum atomic E-state index is 0. The van der Waals surface area contributed by atoms with E-state index in [0.29, 0.717) is 18.8 Å². The zero-order valence-electron chi connectivity index (χ0n) is 18.7. The number of carbonyl (C=O) groups excluding carboxylic acids is 1. The third-order valence-electron chi connectivity index (χ3n) is 5.57. The van der Waals surface area contributed by atoms with Gasteiger partial charge in [0.05, 0.1) is 18.0 Å². The van der Waals surface area contributed by atoms with Crippen LogP contribution < -0.4 is 9.64 Å². The summed E-state index contributed by atoms with van der Waals surface area (Å²) < 4.78 is 7.60. The van der Waals surface area contributed by atoms with Gasteiger partial charge in [0.2, 0.25) is 0 Å². The fourth-order valence-electron chi connectivity index (χ4n) is 3.85. The predicted molar refractivity (Wildman–Crippen MR) is 131 cm³/mol. The van der Waals surface area contributed by atoms with Crippen LogP contribution >= 0.6 is 12.4 Å². The summed E-state index contributed by atoms with van der Waals surface area (Å²) in [6, 6.07) is 19.9. The second kappa shape index (κ2) is 11.0. The van der Waals surface area contributed by atoms with Gasteiger partial charge in [0.1, 0.15) is 11.4 Å². The van der Waals surface area contributed by atoms with E-state index in [0.717, 1.165) is 55.4 Å². The summed E-state index contributed by atoms with van der Waals surface area (Å²) >= 11 is 0. The zero-order valence-corrected chi connectivity index (χ0v) is 19.6. The maximum atomic E-state index is 13.3. The summed E-state index contributed by atoms with van der Waals surface area (Å²) in [7, 11) is 0. The van der Waals surface area contributed by atoms with Gasteiger partial charge in [-0.25, -0.2) is 4.68 Å². The van der Waals surface area contributed by atoms with Crippen molar-refractivity contribution in [2.75, 3.05) is 37.7 Å². The lowest BCUT2D eigenvalue weighted by molar-refractivity contribution is 0.0737. The topological polar surface area (TPSA) is 50.6 Å². The first-order valence-electron chi connectivity index (χ1n) is 11.0. The molecule has 170 valence electrons. The molecular weight excluding hydrogens is 424 g/mol. The molecule has 0 unspecified atom stereocenters. The minimum Gasteiger partial charge on any atom is -0.494 e. The number of ether oxygens (including phenoxy) is 1. The van der Waals surface area contributed by atoms with E-state index in [1.54, 1.807) is 4.68 Å². The Hall–Kier alpha value is -2.99. The monoisotopic (exact) mass is 454 g/mol. The van der Waals surface area contributed by atoms with Crippen LogP contribution in [0, 0.1) is 6.92 Å². The Kier molecular flexibility index (Phi) is 8.17. The fourth-order valence-corrected chi connectivity index (χ4v) is 3.85. The minimum absolute atomic E-state index is 0. The molecule has 0 bridgehead atoms. The number of aryl methyl sites for hydroxylation is 1. The van der Waals surface area contributed by atoms with Gasteiger partial charge in [-0.3, -0.25) is 4.79 Å². The molecule has 0 atom stereocenters. The highest BCUT2D eigenvalue weighted by Gasteiger charge is 2.25. The number of aromatic nitrogens is 2. The predicted octanol–water partition coefficient (Wildman–Crippen LogP) is 4.74. The van der Waals surface area contributed by atoms with Crippen molar-refractivity contribution in [2.45, 2.75) is 26.7 Å². The van der Waals surface area contributed by atoms with Crippen LogP contribution in [0.1, 0.15) is 35.9 Å². The number of rotatable bonds is 7. The highest BCUT2D eigenvalue weighted by molar-refractivity contribution is 5.93. The molecule has 32 heavy (non-hydrogen) atoms. The van der Waals surface area contributed by atoms with Crippen molar-refractivity contribution in [3.05, 3.63) is 72.1 Å². The maximum absolute atomic E-state index is 13.3. The first-order valence-corrected chi connectivity index (χ1v) is 11.0. The molecule has 2 heterocycles. The molecule has 4 rings (SSSR count). The number of carbonyl (C=O) groups is 1. The van der Waals surface area contributed by atoms with Gasteiger partial charge in [-0.05, 0) is 43.7 Å². The average Bonchev–Trinajstić information content (AvgIpc) is 3.21. The Morgan fingerprint density at radius 1 is 0.969 bits per heavy atom. The van der Waals surface area contributed by atoms with Crippen molar-refractivity contribution in [1.29, 1.82) is 0 Å². The van der Waals surface area contributed by atoms with Gasteiger partial charge < -0.3 is 14.5 Å². The molecule has 1 aromatic heterocycles. The van der Waals surface area contributed by atoms with Crippen molar-refractivity contribution in [3.8, 4) is 11.4 Å². The van der Waals surface area contributed by atoms with Gasteiger partial charge >= 0.3 is 0 Å². The maximum Gasteiger partial charge on any atom is 0.272 e. The third-order valence-corrected chi connectivity index (χ3v) is 5.57. The van der Waals surface area contributed by atoms with E-state index < -0.39 is 0 Å². The molecule has 1 aliphatic rings. The summed E-state index contributed by atoms with van der Waals surface area (Å²) in [5.74, 6) is 0.937. The Bertz CT molecular complexity index is 1010. The van der Waals surface area contributed by atoms with Gasteiger partial charge in [-0.1, -0.05) is 37.6 Å². The number of para-hydroxylation sites is 1. The van der Waals surface area contributed by atoms with E-state index >= 15 is 0 Å². The Labute approximate surface area is 196 Å². The average molecular weight is 455 g/mol. The van der Waals surface area contributed by atoms with Gasteiger partial charge in [0.25, 0.3) is 5.91 Å². The van der Waals surface area contributed by atoms with Crippen LogP contribution in [0.2, 0.25) is 0 Å². The normalized spacial score (nSPS) is 13.6. The summed E-state index contributed by atoms with van der Waals surface area (Å²) in [4.78, 5) is 17.5. The molecule has 0 spiro atoms. The van der Waals surface area contributed by atoms with Gasteiger partial charge in [0, 0.05) is 37.9 Å². The highest BCUT2D eigenvalue weighted by Crippen LogP contribution is 2.23. The van der Waals surface area contributed by atoms with Crippen LogP contribution in [0.15, 0.2) is 60.7 Å². The van der Waals surface area contributed by atoms with E-state index in [1.807, 2.05) is 60.4 Å². The molecular formula is C25H31ClN4O2. The molecule has 6 nitrogen and oxygen atoms in total. The summed E-state index contributed by atoms with van der Waals surface area (Å²) in [5, 5.41) is 4.54. The largest absolute Gasteiger partial charge is 0.494 e. The van der Waals surface area contributed by atoms with Crippen LogP contribution in [-0.2, 0) is 0 Å². The van der Waals surface area contributed by atoms with Gasteiger partial charge in [0.15, 0.2) is 0 Å². The number of hydrogen-bond acceptors (Lipinski definition) is 4. The van der Waals surface area contributed by atoms with E-state index in [2.05, 4.69) is 29.1 Å². The molecule has 3 aromatic rings. The lowest BCUT2D eigenvalue weighted by Gasteiger charge is -2.36. The molecule has 0 N–H and O–H groups in total. The lowest BCUT2D eigenvalue weighted by atomic mass is 10.2. The summed E-state index contributed by atoms with van der Waals surface area (Å²) in [6.45, 7) is 7.78. The zero-order chi connectivity index (χ0) is 21.6. The number of halogens is 1. The van der Waals surface area contributed by atoms with Crippen molar-refractivity contribution >= 4 is 24.0 Å². The second-order valence-electron chi connectivity index (χ2n) is 7.90. The van der Waals surface area contributed by atoms with Crippen molar-refractivity contribution in [3.63, 3.8) is 0 Å². The van der Waals surface area contributed by atoms with Gasteiger partial charge in [-0.15, -0.1) is 12.4 Å². The number of amides is 1. The molecule has 7 heteroatoms. The Morgan fingerprint density at radius 3 is 2.41 bits per heavy atom. The first-order chi connectivity index (χ1) is 15.2. The number of anilines is 1. The van der Waals surface area contributed by atoms with Crippen molar-refractivity contribution in [1.82, 2.24) is 14.7 Å². The third kappa shape index (κ3) is 5.43. The number of nitrogens with zero attached hydrogens (tertiary/aromatic N) is 4. The number of piperazine rings is 1. The molecule has 0 aliphatic carbocycles. The fraction of sp³-hybridized carbons (Fsp3) is 0.360. The van der Waals surface area contributed by atoms with E-state index in [-0.39, 0.29) is 18.3 Å². The SMILES string of the molecule is CCCCOc1cccc(N2CCN(C(=O)c3cc(C)nn3-c3ccccc3)CC2)c1.Cl. The smallest absolute Gasteiger partial charge is 0.272 e. The van der Waals surface area contributed by atoms with Crippen LogP contribution in [0.4, 0.5) is 5.69 Å². The summed E-state index contributed by atoms with van der Waals surface area (Å²) in [6.07, 6.45) is 2.18. The molecule has 2 aromatic carbocycles. The molecule has 0 saturated carbocycles. The number of unbranched alkanes of at least 4 members (excludes halogenated alkanes) is 1. The second-order valence-corrected chi connectivity index (χ2v) is 7.90. The number of hydrogen-bond donors (Lipinski definition) is 0. The van der Waals surface area contributed by atoms with E-state index in [1.165, 1.54) is 0 Å². The molecule has 1 aliphatic heterocycles. The van der Waals surface area contributed by atoms with Crippen LogP contribution in [0.25, 0.3) is 5.69 Å². The Balaban J connectivity index is 0.00000289. The molecule has 1 fully saturated rings. The summed E-state index contributed by atoms with van der Waals surface area (Å²) in [5.41, 5.74) is 3.50. The van der Waals surface area contributed by atoms with Crippen molar-refractivity contribution in [2.24, 2.45) is 0 Å². The van der Waals surface area contributed by atoms with E-state index in [9.17, 15) is 4.79 Å². The number of benzene rings is 2. The molecule has 1 amide bonds.